The number of esters is 1. The molecule has 0 atom stereocenters. The van der Waals surface area contributed by atoms with Gasteiger partial charge in [0.2, 0.25) is 0 Å². The molecule has 0 spiro atoms. The van der Waals surface area contributed by atoms with Crippen molar-refractivity contribution in [3.8, 4) is 28.7 Å². The normalized spacial score (nSPS) is 19.1. The van der Waals surface area contributed by atoms with E-state index in [4.69, 9.17) is 40.0 Å². The molecule has 0 saturated heterocycles. The zero-order valence-electron chi connectivity index (χ0n) is 49.3. The minimum Gasteiger partial charge on any atom is -0.487 e. The summed E-state index contributed by atoms with van der Waals surface area (Å²) in [5, 5.41) is 11.6. The average molecular weight is 1110 g/mol. The molecule has 0 aliphatic heterocycles. The Balaban J connectivity index is 0.000000169. The Kier molecular flexibility index (Phi) is 21.2. The molecular formula is C71H93ClO8. The van der Waals surface area contributed by atoms with Crippen LogP contribution >= 0.6 is 11.6 Å². The smallest absolute Gasteiger partial charge is 0.334 e. The van der Waals surface area contributed by atoms with Gasteiger partial charge in [0.25, 0.3) is 0 Å². The van der Waals surface area contributed by atoms with Gasteiger partial charge in [0.15, 0.2) is 6.10 Å². The molecule has 5 fully saturated rings. The highest BCUT2D eigenvalue weighted by Gasteiger charge is 2.38. The molecule has 0 aromatic heterocycles. The van der Waals surface area contributed by atoms with Crippen LogP contribution in [-0.4, -0.2) is 39.1 Å². The minimum atomic E-state index is -0.647. The van der Waals surface area contributed by atoms with Crippen LogP contribution in [0.2, 0.25) is 5.02 Å². The molecule has 8 nitrogen and oxygen atoms in total. The molecule has 432 valence electrons. The summed E-state index contributed by atoms with van der Waals surface area (Å²) in [6.45, 7) is 16.5. The first-order chi connectivity index (χ1) is 38.7. The summed E-state index contributed by atoms with van der Waals surface area (Å²) < 4.78 is 37.6. The maximum absolute atomic E-state index is 12.5. The highest BCUT2D eigenvalue weighted by molar-refractivity contribution is 6.30. The zero-order chi connectivity index (χ0) is 56.6. The minimum absolute atomic E-state index is 0.00509. The number of carbonyl (C=O) groups excluding carboxylic acids is 1. The number of halogens is 1. The second kappa shape index (κ2) is 28.0. The van der Waals surface area contributed by atoms with Gasteiger partial charge in [-0.1, -0.05) is 101 Å². The maximum Gasteiger partial charge on any atom is 0.334 e. The summed E-state index contributed by atoms with van der Waals surface area (Å²) >= 11 is 5.84. The second-order valence-electron chi connectivity index (χ2n) is 23.9. The molecule has 5 aromatic carbocycles. The fourth-order valence-electron chi connectivity index (χ4n) is 13.1. The van der Waals surface area contributed by atoms with Crippen LogP contribution in [0.25, 0.3) is 0 Å². The predicted molar refractivity (Wildman–Crippen MR) is 325 cm³/mol. The van der Waals surface area contributed by atoms with E-state index in [0.29, 0.717) is 5.57 Å². The van der Waals surface area contributed by atoms with E-state index in [1.165, 1.54) is 77.0 Å². The molecule has 5 aromatic rings. The first-order valence-electron chi connectivity index (χ1n) is 30.8. The van der Waals surface area contributed by atoms with Gasteiger partial charge in [0.05, 0.1) is 0 Å². The third-order valence-electron chi connectivity index (χ3n) is 18.6. The average Bonchev–Trinajstić information content (AvgIpc) is 4.39. The van der Waals surface area contributed by atoms with E-state index in [2.05, 4.69) is 41.2 Å². The Morgan fingerprint density at radius 3 is 0.838 bits per heavy atom. The van der Waals surface area contributed by atoms with Crippen molar-refractivity contribution in [2.24, 2.45) is 0 Å². The molecule has 0 radical (unpaired) electrons. The molecule has 5 aliphatic rings. The number of ether oxygens (including phenoxy) is 6. The largest absolute Gasteiger partial charge is 0.487 e. The van der Waals surface area contributed by atoms with Crippen LogP contribution in [0.4, 0.5) is 0 Å². The molecule has 80 heavy (non-hydrogen) atoms. The summed E-state index contributed by atoms with van der Waals surface area (Å²) in [4.78, 5) is 12.5. The summed E-state index contributed by atoms with van der Waals surface area (Å²) in [7, 11) is 0. The van der Waals surface area contributed by atoms with Gasteiger partial charge in [-0.05, 0) is 262 Å². The topological polar surface area (TPSA) is 92.7 Å². The lowest BCUT2D eigenvalue weighted by molar-refractivity contribution is -0.142. The fraction of sp³-hybridized carbons (Fsp3) is 0.535. The SMILES string of the molecule is C=C(C)C(=O)OC(c1ccc(OC2(CC)CCCC2)cc1)c1ccc(OC2(CC)CCCC2)cc1.CCC1(Oc2ccc(C(O)c3ccc(OC4(CC)CCCC4)cc3)cc2)CCCC1.CCC1(Oc2ccc(Cl)cc2)CCCC1. The fourth-order valence-corrected chi connectivity index (χ4v) is 13.2. The van der Waals surface area contributed by atoms with Gasteiger partial charge in [-0.15, -0.1) is 0 Å². The third-order valence-corrected chi connectivity index (χ3v) is 18.9. The van der Waals surface area contributed by atoms with Gasteiger partial charge in [-0.25, -0.2) is 4.79 Å². The van der Waals surface area contributed by atoms with Crippen molar-refractivity contribution in [1.82, 2.24) is 0 Å². The van der Waals surface area contributed by atoms with Crippen LogP contribution in [0, 0.1) is 0 Å². The van der Waals surface area contributed by atoms with E-state index in [1.54, 1.807) is 6.92 Å². The van der Waals surface area contributed by atoms with E-state index in [0.717, 1.165) is 139 Å². The molecule has 9 heteroatoms. The third kappa shape index (κ3) is 15.8. The Morgan fingerprint density at radius 2 is 0.625 bits per heavy atom. The van der Waals surface area contributed by atoms with Crippen LogP contribution < -0.4 is 23.7 Å². The van der Waals surface area contributed by atoms with Gasteiger partial charge in [-0.2, -0.15) is 0 Å². The number of carbonyl (C=O) groups is 1. The van der Waals surface area contributed by atoms with Crippen molar-refractivity contribution in [2.45, 2.75) is 242 Å². The highest BCUT2D eigenvalue weighted by atomic mass is 35.5. The standard InChI is InChI=1S/C31H40O4.C27H36O3.C13H17ClO/c1-5-30(19-7-8-20-30)34-26-15-11-24(12-16-26)28(33-29(32)23(3)4)25-13-17-27(18-14-25)35-31(6-2)21-9-10-22-31;1-3-26(17-5-6-18-26)29-23-13-9-21(10-14-23)25(28)22-11-15-24(16-12-22)30-27(4-2)19-7-8-20-27;1-2-13(9-3-4-10-13)15-12-7-5-11(14)6-8-12/h11-18,28H,3,5-10,19-22H2,1-2,4H3;9-16,25,28H,3-8,17-20H2,1-2H3;5-8H,2-4,9-10H2,1H3. The number of hydrogen-bond donors (Lipinski definition) is 1. The zero-order valence-corrected chi connectivity index (χ0v) is 50.0. The van der Waals surface area contributed by atoms with Crippen molar-refractivity contribution in [2.75, 3.05) is 0 Å². The Hall–Kier alpha value is -5.44. The van der Waals surface area contributed by atoms with E-state index in [-0.39, 0.29) is 28.0 Å². The van der Waals surface area contributed by atoms with E-state index >= 15 is 0 Å². The maximum atomic E-state index is 12.5. The molecule has 0 unspecified atom stereocenters. The van der Waals surface area contributed by atoms with Crippen LogP contribution in [0.5, 0.6) is 28.7 Å². The molecule has 10 rings (SSSR count). The number of rotatable bonds is 21. The number of hydrogen-bond acceptors (Lipinski definition) is 8. The summed E-state index contributed by atoms with van der Waals surface area (Å²) in [5.74, 6) is 4.09. The number of benzene rings is 5. The van der Waals surface area contributed by atoms with Gasteiger partial charge in [-0.3, -0.25) is 0 Å². The molecule has 5 saturated carbocycles. The van der Waals surface area contributed by atoms with Crippen LogP contribution in [0.1, 0.15) is 237 Å². The van der Waals surface area contributed by atoms with Crippen LogP contribution in [0.15, 0.2) is 133 Å². The van der Waals surface area contributed by atoms with Gasteiger partial charge in [0, 0.05) is 10.6 Å². The first kappa shape index (κ1) is 60.7. The molecule has 0 bridgehead atoms. The molecule has 5 aliphatic carbocycles. The van der Waals surface area contributed by atoms with Crippen molar-refractivity contribution in [3.63, 3.8) is 0 Å². The van der Waals surface area contributed by atoms with E-state index in [9.17, 15) is 9.90 Å². The van der Waals surface area contributed by atoms with Crippen molar-refractivity contribution >= 4 is 17.6 Å². The summed E-state index contributed by atoms with van der Waals surface area (Å²) in [6, 6.07) is 39.6. The van der Waals surface area contributed by atoms with Gasteiger partial charge in [0.1, 0.15) is 62.9 Å². The van der Waals surface area contributed by atoms with Crippen molar-refractivity contribution < 1.29 is 38.3 Å². The quantitative estimate of drug-likeness (QED) is 0.0574. The first-order valence-corrected chi connectivity index (χ1v) is 31.2. The Morgan fingerprint density at radius 1 is 0.412 bits per heavy atom. The van der Waals surface area contributed by atoms with Crippen LogP contribution in [-0.2, 0) is 9.53 Å². The Labute approximate surface area is 485 Å². The lowest BCUT2D eigenvalue weighted by Crippen LogP contribution is -2.31. The van der Waals surface area contributed by atoms with Crippen molar-refractivity contribution in [1.29, 1.82) is 0 Å². The second-order valence-corrected chi connectivity index (χ2v) is 24.4. The summed E-state index contributed by atoms with van der Waals surface area (Å²) in [6.07, 6.45) is 27.9. The van der Waals surface area contributed by atoms with Crippen LogP contribution in [0.3, 0.4) is 0 Å². The molecule has 1 N–H and O–H groups in total. The molecular weight excluding hydrogens is 1020 g/mol. The van der Waals surface area contributed by atoms with E-state index < -0.39 is 18.2 Å². The molecule has 0 heterocycles. The lowest BCUT2D eigenvalue weighted by Gasteiger charge is -2.29. The molecule has 0 amide bonds. The lowest BCUT2D eigenvalue weighted by atomic mass is 9.98. The van der Waals surface area contributed by atoms with Gasteiger partial charge >= 0.3 is 5.97 Å². The Bertz CT molecular complexity index is 2530. The van der Waals surface area contributed by atoms with Gasteiger partial charge < -0.3 is 33.5 Å². The highest BCUT2D eigenvalue weighted by Crippen LogP contribution is 2.43. The number of aliphatic hydroxyl groups excluding tert-OH is 1. The van der Waals surface area contributed by atoms with Crippen molar-refractivity contribution in [3.05, 3.63) is 161 Å². The predicted octanol–water partition coefficient (Wildman–Crippen LogP) is 19.5. The summed E-state index contributed by atoms with van der Waals surface area (Å²) in [5.41, 5.74) is 3.97. The number of aliphatic hydroxyl groups is 1. The monoisotopic (exact) mass is 1110 g/mol. The van der Waals surface area contributed by atoms with E-state index in [1.807, 2.05) is 121 Å².